The molecule has 0 spiro atoms. The Morgan fingerprint density at radius 2 is 1.89 bits per heavy atom. The lowest BCUT2D eigenvalue weighted by molar-refractivity contribution is -0.115. The molecular weight excluding hydrogens is 260 g/mol. The molecule has 1 amide bonds. The lowest BCUT2D eigenvalue weighted by Gasteiger charge is -2.04. The van der Waals surface area contributed by atoms with Gasteiger partial charge in [-0.05, 0) is 22.8 Å². The minimum absolute atomic E-state index is 0.0929. The van der Waals surface area contributed by atoms with Gasteiger partial charge in [-0.25, -0.2) is 0 Å². The van der Waals surface area contributed by atoms with E-state index < -0.39 is 16.7 Å². The summed E-state index contributed by atoms with van der Waals surface area (Å²) < 4.78 is 11.6. The van der Waals surface area contributed by atoms with E-state index in [2.05, 4.69) is 4.98 Å². The minimum Gasteiger partial charge on any atom is -0.369 e. The standard InChI is InChI=1S/C14H14N2O2S/c15-14(17)10-19(18)9-11-3-5-12(6-4-11)13-2-1-7-16-8-13/h1-8H,9-10H2,(H2,15,17)/t19-/m0/s1. The summed E-state index contributed by atoms with van der Waals surface area (Å²) in [4.78, 5) is 14.7. The van der Waals surface area contributed by atoms with E-state index in [9.17, 15) is 9.00 Å². The topological polar surface area (TPSA) is 73.1 Å². The van der Waals surface area contributed by atoms with Gasteiger partial charge in [-0.1, -0.05) is 30.3 Å². The molecule has 0 saturated carbocycles. The van der Waals surface area contributed by atoms with Gasteiger partial charge in [-0.2, -0.15) is 0 Å². The van der Waals surface area contributed by atoms with Crippen molar-refractivity contribution in [1.82, 2.24) is 4.98 Å². The molecule has 2 aromatic rings. The number of nitrogens with two attached hydrogens (primary N) is 1. The molecule has 1 heterocycles. The summed E-state index contributed by atoms with van der Waals surface area (Å²) in [6.07, 6.45) is 3.52. The first kappa shape index (κ1) is 13.4. The Hall–Kier alpha value is -2.01. The Labute approximate surface area is 114 Å². The summed E-state index contributed by atoms with van der Waals surface area (Å²) in [6, 6.07) is 11.6. The van der Waals surface area contributed by atoms with Gasteiger partial charge in [0.05, 0.1) is 0 Å². The number of primary amides is 1. The lowest BCUT2D eigenvalue weighted by atomic mass is 10.1. The molecule has 0 saturated heterocycles. The van der Waals surface area contributed by atoms with Crippen LogP contribution in [0.5, 0.6) is 0 Å². The van der Waals surface area contributed by atoms with Crippen LogP contribution in [0.4, 0.5) is 0 Å². The molecule has 2 N–H and O–H groups in total. The van der Waals surface area contributed by atoms with E-state index >= 15 is 0 Å². The van der Waals surface area contributed by atoms with E-state index in [0.717, 1.165) is 16.7 Å². The van der Waals surface area contributed by atoms with E-state index in [1.165, 1.54) is 0 Å². The van der Waals surface area contributed by atoms with E-state index in [1.54, 1.807) is 12.4 Å². The zero-order valence-corrected chi connectivity index (χ0v) is 11.1. The highest BCUT2D eigenvalue weighted by molar-refractivity contribution is 7.84. The number of benzene rings is 1. The first-order chi connectivity index (χ1) is 9.15. The molecule has 4 nitrogen and oxygen atoms in total. The van der Waals surface area contributed by atoms with E-state index in [0.29, 0.717) is 5.75 Å². The van der Waals surface area contributed by atoms with Crippen molar-refractivity contribution in [2.75, 3.05) is 5.75 Å². The highest BCUT2D eigenvalue weighted by Gasteiger charge is 2.05. The number of carbonyl (C=O) groups is 1. The molecule has 98 valence electrons. The third-order valence-electron chi connectivity index (χ3n) is 2.58. The van der Waals surface area contributed by atoms with Crippen LogP contribution in [0, 0.1) is 0 Å². The molecule has 2 rings (SSSR count). The molecule has 0 bridgehead atoms. The Kier molecular flexibility index (Phi) is 4.41. The molecule has 19 heavy (non-hydrogen) atoms. The van der Waals surface area contributed by atoms with Gasteiger partial charge in [0.15, 0.2) is 0 Å². The van der Waals surface area contributed by atoms with Gasteiger partial charge < -0.3 is 5.73 Å². The maximum Gasteiger partial charge on any atom is 0.230 e. The second kappa shape index (κ2) is 6.24. The zero-order chi connectivity index (χ0) is 13.7. The molecular formula is C14H14N2O2S. The van der Waals surface area contributed by atoms with Crippen molar-refractivity contribution in [3.8, 4) is 11.1 Å². The number of amides is 1. The minimum atomic E-state index is -1.24. The number of hydrogen-bond acceptors (Lipinski definition) is 3. The molecule has 5 heteroatoms. The predicted molar refractivity (Wildman–Crippen MR) is 75.6 cm³/mol. The van der Waals surface area contributed by atoms with Gasteiger partial charge in [-0.3, -0.25) is 14.0 Å². The van der Waals surface area contributed by atoms with Crippen LogP contribution in [0.15, 0.2) is 48.8 Å². The quantitative estimate of drug-likeness (QED) is 0.897. The molecule has 0 aliphatic rings. The SMILES string of the molecule is NC(=O)C[S@@](=O)Cc1ccc(-c2cccnc2)cc1. The third-order valence-corrected chi connectivity index (χ3v) is 3.84. The highest BCUT2D eigenvalue weighted by Crippen LogP contribution is 2.18. The molecule has 0 unspecified atom stereocenters. The number of carbonyl (C=O) groups excluding carboxylic acids is 1. The first-order valence-electron chi connectivity index (χ1n) is 5.78. The average Bonchev–Trinajstić information content (AvgIpc) is 2.39. The van der Waals surface area contributed by atoms with Crippen LogP contribution in [0.3, 0.4) is 0 Å². The smallest absolute Gasteiger partial charge is 0.230 e. The van der Waals surface area contributed by atoms with Crippen LogP contribution in [-0.4, -0.2) is 20.9 Å². The van der Waals surface area contributed by atoms with Gasteiger partial charge in [0.1, 0.15) is 5.75 Å². The van der Waals surface area contributed by atoms with Crippen molar-refractivity contribution in [3.05, 3.63) is 54.4 Å². The van der Waals surface area contributed by atoms with Crippen LogP contribution in [0.2, 0.25) is 0 Å². The van der Waals surface area contributed by atoms with E-state index in [4.69, 9.17) is 5.73 Å². The van der Waals surface area contributed by atoms with Crippen molar-refractivity contribution < 1.29 is 9.00 Å². The van der Waals surface area contributed by atoms with Gasteiger partial charge in [0.25, 0.3) is 0 Å². The second-order valence-corrected chi connectivity index (χ2v) is 5.59. The molecule has 1 aromatic carbocycles. The number of nitrogens with zero attached hydrogens (tertiary/aromatic N) is 1. The van der Waals surface area contributed by atoms with Crippen molar-refractivity contribution in [1.29, 1.82) is 0 Å². The van der Waals surface area contributed by atoms with E-state index in [-0.39, 0.29) is 5.75 Å². The molecule has 0 radical (unpaired) electrons. The molecule has 0 fully saturated rings. The van der Waals surface area contributed by atoms with Gasteiger partial charge in [0.2, 0.25) is 5.91 Å². The summed E-state index contributed by atoms with van der Waals surface area (Å²) in [7, 11) is -1.24. The van der Waals surface area contributed by atoms with Crippen molar-refractivity contribution in [2.45, 2.75) is 5.75 Å². The highest BCUT2D eigenvalue weighted by atomic mass is 32.2. The summed E-state index contributed by atoms with van der Waals surface area (Å²) >= 11 is 0. The van der Waals surface area contributed by atoms with Crippen LogP contribution < -0.4 is 5.73 Å². The number of rotatable bonds is 5. The van der Waals surface area contributed by atoms with Crippen molar-refractivity contribution in [3.63, 3.8) is 0 Å². The number of aromatic nitrogens is 1. The fourth-order valence-electron chi connectivity index (χ4n) is 1.72. The Balaban J connectivity index is 2.07. The summed E-state index contributed by atoms with van der Waals surface area (Å²) in [5.41, 5.74) is 8.02. The molecule has 1 atom stereocenters. The predicted octanol–water partition coefficient (Wildman–Crippen LogP) is 1.48. The Morgan fingerprint density at radius 3 is 2.47 bits per heavy atom. The third kappa shape index (κ3) is 3.99. The summed E-state index contributed by atoms with van der Waals surface area (Å²) in [5, 5.41) is 0. The summed E-state index contributed by atoms with van der Waals surface area (Å²) in [6.45, 7) is 0. The van der Waals surface area contributed by atoms with Crippen molar-refractivity contribution >= 4 is 16.7 Å². The summed E-state index contributed by atoms with van der Waals surface area (Å²) in [5.74, 6) is -0.286. The maximum absolute atomic E-state index is 11.6. The number of pyridine rings is 1. The molecule has 1 aromatic heterocycles. The van der Waals surface area contributed by atoms with E-state index in [1.807, 2.05) is 36.4 Å². The van der Waals surface area contributed by atoms with Gasteiger partial charge in [-0.15, -0.1) is 0 Å². The fourth-order valence-corrected chi connectivity index (χ4v) is 2.71. The normalized spacial score (nSPS) is 12.0. The fraction of sp³-hybridized carbons (Fsp3) is 0.143. The largest absolute Gasteiger partial charge is 0.369 e. The van der Waals surface area contributed by atoms with Crippen LogP contribution in [0.25, 0.3) is 11.1 Å². The van der Waals surface area contributed by atoms with Crippen LogP contribution in [-0.2, 0) is 21.3 Å². The monoisotopic (exact) mass is 274 g/mol. The van der Waals surface area contributed by atoms with Gasteiger partial charge in [0, 0.05) is 28.9 Å². The zero-order valence-electron chi connectivity index (χ0n) is 10.3. The Bertz CT molecular complexity index is 582. The van der Waals surface area contributed by atoms with Crippen molar-refractivity contribution in [2.24, 2.45) is 5.73 Å². The lowest BCUT2D eigenvalue weighted by Crippen LogP contribution is -2.20. The van der Waals surface area contributed by atoms with Crippen LogP contribution >= 0.6 is 0 Å². The van der Waals surface area contributed by atoms with Gasteiger partial charge >= 0.3 is 0 Å². The molecule has 0 aliphatic carbocycles. The first-order valence-corrected chi connectivity index (χ1v) is 7.26. The number of hydrogen-bond donors (Lipinski definition) is 1. The maximum atomic E-state index is 11.6. The Morgan fingerprint density at radius 1 is 1.16 bits per heavy atom. The van der Waals surface area contributed by atoms with Crippen LogP contribution in [0.1, 0.15) is 5.56 Å². The average molecular weight is 274 g/mol. The molecule has 0 aliphatic heterocycles. The second-order valence-electron chi connectivity index (χ2n) is 4.13.